The Morgan fingerprint density at radius 2 is 1.87 bits per heavy atom. The van der Waals surface area contributed by atoms with Crippen molar-refractivity contribution in [3.05, 3.63) is 41.3 Å². The van der Waals surface area contributed by atoms with Crippen LogP contribution >= 0.6 is 0 Å². The molecular formula is C17H25NO4S. The first-order chi connectivity index (χ1) is 10.7. The number of carbonyl (C=O) groups is 1. The zero-order valence-electron chi connectivity index (χ0n) is 14.1. The molecule has 0 aliphatic carbocycles. The molecule has 0 radical (unpaired) electrons. The van der Waals surface area contributed by atoms with Crippen LogP contribution in [0.25, 0.3) is 0 Å². The summed E-state index contributed by atoms with van der Waals surface area (Å²) in [5.74, 6) is 0.300. The van der Waals surface area contributed by atoms with Gasteiger partial charge in [0, 0.05) is 5.41 Å². The molecule has 0 aliphatic heterocycles. The number of benzene rings is 1. The highest BCUT2D eigenvalue weighted by atomic mass is 32.2. The van der Waals surface area contributed by atoms with E-state index in [0.29, 0.717) is 12.3 Å². The Morgan fingerprint density at radius 1 is 1.26 bits per heavy atom. The Hall–Kier alpha value is -1.82. The summed E-state index contributed by atoms with van der Waals surface area (Å²) in [7, 11) is -3.53. The van der Waals surface area contributed by atoms with E-state index in [1.54, 1.807) is 31.2 Å². The fourth-order valence-electron chi connectivity index (χ4n) is 2.02. The van der Waals surface area contributed by atoms with Gasteiger partial charge in [-0.25, -0.2) is 13.2 Å². The molecular weight excluding hydrogens is 314 g/mol. The number of rotatable bonds is 7. The molecule has 1 N–H and O–H groups in total. The fraction of sp³-hybridized carbons (Fsp3) is 0.471. The van der Waals surface area contributed by atoms with Crippen LogP contribution in [0, 0.1) is 12.8 Å². The molecule has 1 atom stereocenters. The molecule has 0 bridgehead atoms. The lowest BCUT2D eigenvalue weighted by molar-refractivity contribution is 0.149. The van der Waals surface area contributed by atoms with Crippen LogP contribution in [0.15, 0.2) is 40.6 Å². The highest BCUT2D eigenvalue weighted by molar-refractivity contribution is 7.94. The maximum absolute atomic E-state index is 12.3. The molecule has 0 aromatic heterocycles. The SMILES string of the molecule is CCOC(=O)N[C@H](/C=C/S(=O)(=O)c1ccc(C)cc1)CC(C)C. The normalized spacial score (nSPS) is 13.3. The van der Waals surface area contributed by atoms with Crippen molar-refractivity contribution in [3.63, 3.8) is 0 Å². The molecule has 0 fully saturated rings. The molecule has 0 aliphatic rings. The van der Waals surface area contributed by atoms with Gasteiger partial charge < -0.3 is 10.1 Å². The monoisotopic (exact) mass is 339 g/mol. The van der Waals surface area contributed by atoms with E-state index in [1.807, 2.05) is 20.8 Å². The van der Waals surface area contributed by atoms with Crippen LogP contribution in [0.5, 0.6) is 0 Å². The van der Waals surface area contributed by atoms with E-state index in [9.17, 15) is 13.2 Å². The third-order valence-corrected chi connectivity index (χ3v) is 4.59. The molecule has 0 heterocycles. The van der Waals surface area contributed by atoms with Gasteiger partial charge in [0.2, 0.25) is 0 Å². The maximum Gasteiger partial charge on any atom is 0.407 e. The number of ether oxygens (including phenoxy) is 1. The van der Waals surface area contributed by atoms with Gasteiger partial charge in [0.15, 0.2) is 9.84 Å². The summed E-state index contributed by atoms with van der Waals surface area (Å²) in [4.78, 5) is 11.8. The van der Waals surface area contributed by atoms with Crippen molar-refractivity contribution in [1.29, 1.82) is 0 Å². The minimum absolute atomic E-state index is 0.235. The van der Waals surface area contributed by atoms with Crippen molar-refractivity contribution >= 4 is 15.9 Å². The summed E-state index contributed by atoms with van der Waals surface area (Å²) in [5.41, 5.74) is 0.995. The van der Waals surface area contributed by atoms with E-state index in [2.05, 4.69) is 5.32 Å². The number of hydrogen-bond donors (Lipinski definition) is 1. The molecule has 1 rings (SSSR count). The molecule has 5 nitrogen and oxygen atoms in total. The van der Waals surface area contributed by atoms with Crippen molar-refractivity contribution in [1.82, 2.24) is 5.32 Å². The van der Waals surface area contributed by atoms with E-state index < -0.39 is 22.0 Å². The first-order valence-corrected chi connectivity index (χ1v) is 9.22. The van der Waals surface area contributed by atoms with Crippen LogP contribution in [-0.4, -0.2) is 27.2 Å². The number of hydrogen-bond acceptors (Lipinski definition) is 4. The number of alkyl carbamates (subject to hydrolysis) is 1. The predicted octanol–water partition coefficient (Wildman–Crippen LogP) is 3.44. The van der Waals surface area contributed by atoms with Crippen molar-refractivity contribution in [2.75, 3.05) is 6.61 Å². The second-order valence-electron chi connectivity index (χ2n) is 5.79. The van der Waals surface area contributed by atoms with Crippen LogP contribution in [0.1, 0.15) is 32.8 Å². The average molecular weight is 339 g/mol. The predicted molar refractivity (Wildman–Crippen MR) is 90.9 cm³/mol. The summed E-state index contributed by atoms with van der Waals surface area (Å²) >= 11 is 0. The summed E-state index contributed by atoms with van der Waals surface area (Å²) in [6.45, 7) is 7.89. The molecule has 1 amide bonds. The Bertz CT molecular complexity index is 633. The molecule has 6 heteroatoms. The fourth-order valence-corrected chi connectivity index (χ4v) is 3.09. The van der Waals surface area contributed by atoms with Crippen molar-refractivity contribution in [3.8, 4) is 0 Å². The van der Waals surface area contributed by atoms with E-state index >= 15 is 0 Å². The van der Waals surface area contributed by atoms with Gasteiger partial charge in [0.1, 0.15) is 0 Å². The van der Waals surface area contributed by atoms with Crippen LogP contribution < -0.4 is 5.32 Å². The third kappa shape index (κ3) is 6.86. The maximum atomic E-state index is 12.3. The number of nitrogens with one attached hydrogen (secondary N) is 1. The lowest BCUT2D eigenvalue weighted by atomic mass is 10.0. The van der Waals surface area contributed by atoms with Crippen molar-refractivity contribution < 1.29 is 17.9 Å². The molecule has 1 aromatic rings. The van der Waals surface area contributed by atoms with E-state index in [0.717, 1.165) is 11.0 Å². The Morgan fingerprint density at radius 3 is 2.39 bits per heavy atom. The second-order valence-corrected chi connectivity index (χ2v) is 7.62. The highest BCUT2D eigenvalue weighted by Crippen LogP contribution is 2.14. The Labute approximate surface area is 138 Å². The molecule has 0 saturated carbocycles. The van der Waals surface area contributed by atoms with E-state index in [-0.39, 0.29) is 11.5 Å². The van der Waals surface area contributed by atoms with Gasteiger partial charge in [0.25, 0.3) is 0 Å². The standard InChI is InChI=1S/C17H25NO4S/c1-5-22-17(19)18-15(12-13(2)3)10-11-23(20,21)16-8-6-14(4)7-9-16/h6-11,13,15H,5,12H2,1-4H3,(H,18,19)/b11-10+/t15-/m1/s1. The molecule has 128 valence electrons. The lowest BCUT2D eigenvalue weighted by Crippen LogP contribution is -2.35. The van der Waals surface area contributed by atoms with Gasteiger partial charge in [-0.2, -0.15) is 0 Å². The minimum Gasteiger partial charge on any atom is -0.450 e. The summed E-state index contributed by atoms with van der Waals surface area (Å²) in [6.07, 6.45) is 1.58. The number of aryl methyl sites for hydroxylation is 1. The van der Waals surface area contributed by atoms with E-state index in [1.165, 1.54) is 6.08 Å². The van der Waals surface area contributed by atoms with Crippen molar-refractivity contribution in [2.24, 2.45) is 5.92 Å². The van der Waals surface area contributed by atoms with Crippen LogP contribution in [-0.2, 0) is 14.6 Å². The average Bonchev–Trinajstić information content (AvgIpc) is 2.45. The van der Waals surface area contributed by atoms with Crippen molar-refractivity contribution in [2.45, 2.75) is 45.1 Å². The zero-order chi connectivity index (χ0) is 17.5. The largest absolute Gasteiger partial charge is 0.450 e. The van der Waals surface area contributed by atoms with Gasteiger partial charge in [-0.05, 0) is 38.3 Å². The molecule has 0 spiro atoms. The molecule has 1 aromatic carbocycles. The van der Waals surface area contributed by atoms with Gasteiger partial charge in [-0.3, -0.25) is 0 Å². The molecule has 0 saturated heterocycles. The first-order valence-electron chi connectivity index (χ1n) is 7.68. The summed E-state index contributed by atoms with van der Waals surface area (Å²) in [6, 6.07) is 6.26. The quantitative estimate of drug-likeness (QED) is 0.826. The Balaban J connectivity index is 2.89. The summed E-state index contributed by atoms with van der Waals surface area (Å²) in [5, 5.41) is 3.82. The lowest BCUT2D eigenvalue weighted by Gasteiger charge is -2.16. The first kappa shape index (κ1) is 19.2. The smallest absolute Gasteiger partial charge is 0.407 e. The van der Waals surface area contributed by atoms with E-state index in [4.69, 9.17) is 4.74 Å². The molecule has 23 heavy (non-hydrogen) atoms. The second kappa shape index (κ2) is 8.72. The number of amides is 1. The number of sulfone groups is 1. The molecule has 0 unspecified atom stereocenters. The van der Waals surface area contributed by atoms with Gasteiger partial charge in [-0.1, -0.05) is 37.6 Å². The minimum atomic E-state index is -3.53. The van der Waals surface area contributed by atoms with Gasteiger partial charge >= 0.3 is 6.09 Å². The third-order valence-electron chi connectivity index (χ3n) is 3.14. The summed E-state index contributed by atoms with van der Waals surface area (Å²) < 4.78 is 29.5. The topological polar surface area (TPSA) is 72.5 Å². The van der Waals surface area contributed by atoms with Crippen LogP contribution in [0.3, 0.4) is 0 Å². The van der Waals surface area contributed by atoms with Gasteiger partial charge in [0.05, 0.1) is 17.5 Å². The highest BCUT2D eigenvalue weighted by Gasteiger charge is 2.15. The zero-order valence-corrected chi connectivity index (χ0v) is 14.9. The number of carbonyl (C=O) groups excluding carboxylic acids is 1. The van der Waals surface area contributed by atoms with Gasteiger partial charge in [-0.15, -0.1) is 0 Å². The van der Waals surface area contributed by atoms with Crippen LogP contribution in [0.4, 0.5) is 4.79 Å². The Kier molecular flexibility index (Phi) is 7.29. The van der Waals surface area contributed by atoms with Crippen LogP contribution in [0.2, 0.25) is 0 Å².